The van der Waals surface area contributed by atoms with Crippen LogP contribution in [-0.2, 0) is 9.59 Å². The van der Waals surface area contributed by atoms with Gasteiger partial charge in [0, 0.05) is 24.9 Å². The molecule has 1 unspecified atom stereocenters. The van der Waals surface area contributed by atoms with Gasteiger partial charge in [0.15, 0.2) is 0 Å². The molecule has 4 nitrogen and oxygen atoms in total. The van der Waals surface area contributed by atoms with E-state index in [0.29, 0.717) is 10.7 Å². The summed E-state index contributed by atoms with van der Waals surface area (Å²) in [7, 11) is 0. The van der Waals surface area contributed by atoms with Crippen LogP contribution in [0.2, 0.25) is 5.02 Å². The van der Waals surface area contributed by atoms with Crippen LogP contribution in [0.3, 0.4) is 0 Å². The zero-order valence-corrected chi connectivity index (χ0v) is 9.11. The molecule has 1 aromatic carbocycles. The second-order valence-electron chi connectivity index (χ2n) is 3.68. The van der Waals surface area contributed by atoms with Gasteiger partial charge in [0.05, 0.1) is 10.7 Å². The maximum atomic E-state index is 11.6. The van der Waals surface area contributed by atoms with Crippen molar-refractivity contribution in [3.05, 3.63) is 29.3 Å². The molecule has 0 radical (unpaired) electrons. The highest BCUT2D eigenvalue weighted by Crippen LogP contribution is 2.30. The molecule has 0 N–H and O–H groups in total. The summed E-state index contributed by atoms with van der Waals surface area (Å²) in [5.41, 5.74) is 0.554. The largest absolute Gasteiger partial charge is 0.550 e. The number of para-hydroxylation sites is 1. The summed E-state index contributed by atoms with van der Waals surface area (Å²) in [6.45, 7) is 0.130. The van der Waals surface area contributed by atoms with E-state index >= 15 is 0 Å². The SMILES string of the molecule is O=C([O-])C1CC(=O)N(c2ccccc2Cl)C1. The van der Waals surface area contributed by atoms with E-state index in [1.54, 1.807) is 24.3 Å². The molecule has 1 fully saturated rings. The van der Waals surface area contributed by atoms with Crippen molar-refractivity contribution in [3.8, 4) is 0 Å². The molecule has 1 aliphatic rings. The van der Waals surface area contributed by atoms with Crippen molar-refractivity contribution >= 4 is 29.2 Å². The second-order valence-corrected chi connectivity index (χ2v) is 4.08. The number of nitrogens with zero attached hydrogens (tertiary/aromatic N) is 1. The number of hydrogen-bond acceptors (Lipinski definition) is 3. The van der Waals surface area contributed by atoms with E-state index in [0.717, 1.165) is 0 Å². The first-order chi connectivity index (χ1) is 7.59. The minimum atomic E-state index is -1.19. The minimum Gasteiger partial charge on any atom is -0.550 e. The highest BCUT2D eigenvalue weighted by atomic mass is 35.5. The zero-order valence-electron chi connectivity index (χ0n) is 8.35. The van der Waals surface area contributed by atoms with E-state index < -0.39 is 11.9 Å². The minimum absolute atomic E-state index is 0.0203. The summed E-state index contributed by atoms with van der Waals surface area (Å²) in [5, 5.41) is 11.1. The average molecular weight is 239 g/mol. The summed E-state index contributed by atoms with van der Waals surface area (Å²) in [5.74, 6) is -2.17. The molecular formula is C11H9ClNO3-. The zero-order chi connectivity index (χ0) is 11.7. The molecule has 5 heteroatoms. The fourth-order valence-corrected chi connectivity index (χ4v) is 2.01. The second kappa shape index (κ2) is 4.14. The summed E-state index contributed by atoms with van der Waals surface area (Å²) in [6, 6.07) is 6.86. The summed E-state index contributed by atoms with van der Waals surface area (Å²) >= 11 is 5.94. The fourth-order valence-electron chi connectivity index (χ4n) is 1.77. The molecule has 84 valence electrons. The topological polar surface area (TPSA) is 60.4 Å². The van der Waals surface area contributed by atoms with Crippen molar-refractivity contribution in [1.82, 2.24) is 0 Å². The van der Waals surface area contributed by atoms with E-state index in [1.807, 2.05) is 0 Å². The molecule has 0 bridgehead atoms. The van der Waals surface area contributed by atoms with Gasteiger partial charge in [-0.15, -0.1) is 0 Å². The van der Waals surface area contributed by atoms with Crippen LogP contribution < -0.4 is 10.0 Å². The molecule has 0 aliphatic carbocycles. The van der Waals surface area contributed by atoms with Crippen LogP contribution in [0.4, 0.5) is 5.69 Å². The van der Waals surface area contributed by atoms with Crippen LogP contribution in [0.5, 0.6) is 0 Å². The Morgan fingerprint density at radius 2 is 2.12 bits per heavy atom. The third-order valence-corrected chi connectivity index (χ3v) is 2.92. The molecule has 1 amide bonds. The normalized spacial score (nSPS) is 20.2. The summed E-state index contributed by atoms with van der Waals surface area (Å²) < 4.78 is 0. The van der Waals surface area contributed by atoms with Gasteiger partial charge in [-0.05, 0) is 12.1 Å². The first kappa shape index (κ1) is 11.0. The molecule has 1 aromatic rings. The Hall–Kier alpha value is -1.55. The molecule has 1 heterocycles. The number of benzene rings is 1. The Morgan fingerprint density at radius 3 is 2.69 bits per heavy atom. The maximum absolute atomic E-state index is 11.6. The number of carboxylic acid groups (broad SMARTS) is 1. The van der Waals surface area contributed by atoms with Crippen LogP contribution in [-0.4, -0.2) is 18.4 Å². The number of halogens is 1. The van der Waals surface area contributed by atoms with Gasteiger partial charge in [0.25, 0.3) is 0 Å². The Bertz CT molecular complexity index is 447. The van der Waals surface area contributed by atoms with Crippen LogP contribution in [0.15, 0.2) is 24.3 Å². The number of aliphatic carboxylic acids is 1. The first-order valence-corrected chi connectivity index (χ1v) is 5.23. The van der Waals surface area contributed by atoms with Crippen molar-refractivity contribution in [2.45, 2.75) is 6.42 Å². The van der Waals surface area contributed by atoms with E-state index in [9.17, 15) is 14.7 Å². The molecule has 0 saturated carbocycles. The highest BCUT2D eigenvalue weighted by molar-refractivity contribution is 6.33. The lowest BCUT2D eigenvalue weighted by Gasteiger charge is -2.18. The van der Waals surface area contributed by atoms with E-state index in [2.05, 4.69) is 0 Å². The number of anilines is 1. The van der Waals surface area contributed by atoms with Crippen molar-refractivity contribution < 1.29 is 14.7 Å². The molecule has 0 spiro atoms. The lowest BCUT2D eigenvalue weighted by Crippen LogP contribution is -2.33. The van der Waals surface area contributed by atoms with Gasteiger partial charge in [-0.1, -0.05) is 23.7 Å². The number of carbonyl (C=O) groups is 2. The molecule has 16 heavy (non-hydrogen) atoms. The van der Waals surface area contributed by atoms with Crippen molar-refractivity contribution in [1.29, 1.82) is 0 Å². The summed E-state index contributed by atoms with van der Waals surface area (Å²) in [4.78, 5) is 23.7. The molecule has 1 aliphatic heterocycles. The molecule has 2 rings (SSSR count). The van der Waals surface area contributed by atoms with Crippen molar-refractivity contribution in [2.75, 3.05) is 11.4 Å². The van der Waals surface area contributed by atoms with Crippen LogP contribution in [0, 0.1) is 5.92 Å². The lowest BCUT2D eigenvalue weighted by molar-refractivity contribution is -0.310. The molecule has 1 saturated heterocycles. The average Bonchev–Trinajstić information content (AvgIpc) is 2.61. The molecule has 1 atom stereocenters. The standard InChI is InChI=1S/C11H10ClNO3/c12-8-3-1-2-4-9(8)13-6-7(11(15)16)5-10(13)14/h1-4,7H,5-6H2,(H,15,16)/p-1. The monoisotopic (exact) mass is 238 g/mol. The number of carboxylic acids is 1. The van der Waals surface area contributed by atoms with Gasteiger partial charge < -0.3 is 14.8 Å². The van der Waals surface area contributed by atoms with Crippen molar-refractivity contribution in [2.24, 2.45) is 5.92 Å². The van der Waals surface area contributed by atoms with Gasteiger partial charge >= 0.3 is 0 Å². The lowest BCUT2D eigenvalue weighted by atomic mass is 10.1. The van der Waals surface area contributed by atoms with Crippen LogP contribution >= 0.6 is 11.6 Å². The predicted molar refractivity (Wildman–Crippen MR) is 56.9 cm³/mol. The van der Waals surface area contributed by atoms with Gasteiger partial charge in [0.2, 0.25) is 5.91 Å². The third-order valence-electron chi connectivity index (χ3n) is 2.60. The van der Waals surface area contributed by atoms with E-state index in [4.69, 9.17) is 11.6 Å². The van der Waals surface area contributed by atoms with Crippen molar-refractivity contribution in [3.63, 3.8) is 0 Å². The van der Waals surface area contributed by atoms with Gasteiger partial charge in [-0.25, -0.2) is 0 Å². The maximum Gasteiger partial charge on any atom is 0.227 e. The Morgan fingerprint density at radius 1 is 1.44 bits per heavy atom. The number of amides is 1. The number of rotatable bonds is 2. The Kier molecular flexibility index (Phi) is 2.83. The first-order valence-electron chi connectivity index (χ1n) is 4.85. The molecule has 0 aromatic heterocycles. The quantitative estimate of drug-likeness (QED) is 0.751. The van der Waals surface area contributed by atoms with Gasteiger partial charge in [-0.3, -0.25) is 4.79 Å². The molecular weight excluding hydrogens is 230 g/mol. The smallest absolute Gasteiger partial charge is 0.227 e. The number of hydrogen-bond donors (Lipinski definition) is 0. The summed E-state index contributed by atoms with van der Waals surface area (Å²) in [6.07, 6.45) is -0.0203. The third kappa shape index (κ3) is 1.88. The van der Waals surface area contributed by atoms with E-state index in [1.165, 1.54) is 4.90 Å². The van der Waals surface area contributed by atoms with Crippen LogP contribution in [0.1, 0.15) is 6.42 Å². The van der Waals surface area contributed by atoms with Gasteiger partial charge in [0.1, 0.15) is 0 Å². The van der Waals surface area contributed by atoms with E-state index in [-0.39, 0.29) is 18.9 Å². The predicted octanol–water partition coefficient (Wildman–Crippen LogP) is 0.443. The number of carbonyl (C=O) groups excluding carboxylic acids is 2. The van der Waals surface area contributed by atoms with Gasteiger partial charge in [-0.2, -0.15) is 0 Å². The fraction of sp³-hybridized carbons (Fsp3) is 0.273. The Balaban J connectivity index is 2.27. The highest BCUT2D eigenvalue weighted by Gasteiger charge is 2.32. The van der Waals surface area contributed by atoms with Crippen LogP contribution in [0.25, 0.3) is 0 Å². The Labute approximate surface area is 97.4 Å².